The van der Waals surface area contributed by atoms with Gasteiger partial charge < -0.3 is 4.74 Å². The zero-order chi connectivity index (χ0) is 37.2. The first-order valence-electron chi connectivity index (χ1n) is 14.3. The highest BCUT2D eigenvalue weighted by atomic mass is 19.4. The molecule has 0 radical (unpaired) electrons. The normalized spacial score (nSPS) is 12.0. The molecule has 0 saturated carbocycles. The predicted molar refractivity (Wildman–Crippen MR) is 161 cm³/mol. The molecular formula is C37H15F13O. The van der Waals surface area contributed by atoms with Crippen molar-refractivity contribution in [3.05, 3.63) is 136 Å². The summed E-state index contributed by atoms with van der Waals surface area (Å²) in [6, 6.07) is 9.30. The highest BCUT2D eigenvalue weighted by Crippen LogP contribution is 2.40. The quantitative estimate of drug-likeness (QED) is 0.127. The summed E-state index contributed by atoms with van der Waals surface area (Å²) in [6.07, 6.45) is -9.77. The van der Waals surface area contributed by atoms with Crippen LogP contribution in [0, 0.1) is 65.3 Å². The van der Waals surface area contributed by atoms with Crippen LogP contribution in [0.5, 0.6) is 5.75 Å². The van der Waals surface area contributed by atoms with Crippen molar-refractivity contribution >= 4 is 21.5 Å². The van der Waals surface area contributed by atoms with Gasteiger partial charge in [-0.2, -0.15) is 22.0 Å². The Morgan fingerprint density at radius 1 is 0.569 bits per heavy atom. The monoisotopic (exact) mass is 722 g/mol. The minimum atomic E-state index is -5.12. The van der Waals surface area contributed by atoms with Gasteiger partial charge in [0.25, 0.3) is 0 Å². The van der Waals surface area contributed by atoms with E-state index in [2.05, 4.69) is 4.74 Å². The zero-order valence-corrected chi connectivity index (χ0v) is 25.2. The SMILES string of the molecule is Cc1ccc2c(F)c(C(F)(F)Oc3ccc(-c4cc(F)c(-c5cc(F)c6c(F)c(C#CC(F)(F)F)c(F)cc6c5)c(F)c4)c(F)c3)c(F)cc2c1. The first kappa shape index (κ1) is 35.1. The second kappa shape index (κ2) is 12.6. The largest absolute Gasteiger partial charge is 0.458 e. The number of benzene rings is 6. The molecule has 0 unspecified atom stereocenters. The van der Waals surface area contributed by atoms with Crippen molar-refractivity contribution in [2.75, 3.05) is 0 Å². The van der Waals surface area contributed by atoms with Gasteiger partial charge in [0, 0.05) is 22.9 Å². The third kappa shape index (κ3) is 6.63. The summed E-state index contributed by atoms with van der Waals surface area (Å²) in [5.41, 5.74) is -5.14. The Kier molecular flexibility index (Phi) is 8.65. The topological polar surface area (TPSA) is 9.23 Å². The molecule has 14 heteroatoms. The fraction of sp³-hybridized carbons (Fsp3) is 0.0811. The van der Waals surface area contributed by atoms with E-state index in [1.165, 1.54) is 24.1 Å². The van der Waals surface area contributed by atoms with Crippen molar-refractivity contribution in [1.82, 2.24) is 0 Å². The number of fused-ring (bicyclic) bond motifs is 2. The van der Waals surface area contributed by atoms with Crippen LogP contribution in [0.1, 0.15) is 16.7 Å². The number of rotatable bonds is 5. The lowest BCUT2D eigenvalue weighted by Gasteiger charge is -2.20. The van der Waals surface area contributed by atoms with Gasteiger partial charge in [-0.05, 0) is 77.4 Å². The minimum absolute atomic E-state index is 0.00574. The number of ether oxygens (including phenoxy) is 1. The Morgan fingerprint density at radius 3 is 1.86 bits per heavy atom. The fourth-order valence-electron chi connectivity index (χ4n) is 5.52. The summed E-state index contributed by atoms with van der Waals surface area (Å²) in [5.74, 6) is -11.4. The molecule has 51 heavy (non-hydrogen) atoms. The van der Waals surface area contributed by atoms with E-state index in [0.717, 1.165) is 18.2 Å². The summed E-state index contributed by atoms with van der Waals surface area (Å²) < 4.78 is 192. The number of hydrogen-bond acceptors (Lipinski definition) is 1. The first-order chi connectivity index (χ1) is 23.8. The highest BCUT2D eigenvalue weighted by molar-refractivity contribution is 5.90. The van der Waals surface area contributed by atoms with Crippen LogP contribution in [0.3, 0.4) is 0 Å². The maximum Gasteiger partial charge on any atom is 0.458 e. The molecule has 1 nitrogen and oxygen atoms in total. The van der Waals surface area contributed by atoms with Crippen molar-refractivity contribution in [3.63, 3.8) is 0 Å². The van der Waals surface area contributed by atoms with Crippen LogP contribution in [0.15, 0.2) is 72.8 Å². The van der Waals surface area contributed by atoms with Crippen molar-refractivity contribution in [2.45, 2.75) is 19.2 Å². The van der Waals surface area contributed by atoms with Gasteiger partial charge >= 0.3 is 12.3 Å². The molecular weight excluding hydrogens is 707 g/mol. The molecule has 0 spiro atoms. The molecule has 0 aromatic heterocycles. The lowest BCUT2D eigenvalue weighted by Crippen LogP contribution is -2.25. The van der Waals surface area contributed by atoms with E-state index in [4.69, 9.17) is 0 Å². The van der Waals surface area contributed by atoms with Crippen LogP contribution >= 0.6 is 0 Å². The second-order valence-corrected chi connectivity index (χ2v) is 11.2. The maximum absolute atomic E-state index is 15.3. The Morgan fingerprint density at radius 2 is 1.22 bits per heavy atom. The number of alkyl halides is 5. The summed E-state index contributed by atoms with van der Waals surface area (Å²) >= 11 is 0. The van der Waals surface area contributed by atoms with Gasteiger partial charge in [-0.25, -0.2) is 35.1 Å². The molecule has 6 aromatic rings. The lowest BCUT2D eigenvalue weighted by molar-refractivity contribution is -0.189. The Bertz CT molecular complexity index is 2450. The number of aryl methyl sites for hydroxylation is 1. The Balaban J connectivity index is 1.32. The van der Waals surface area contributed by atoms with Crippen molar-refractivity contribution < 1.29 is 61.8 Å². The van der Waals surface area contributed by atoms with Crippen LogP contribution in [-0.2, 0) is 6.11 Å². The van der Waals surface area contributed by atoms with E-state index >= 15 is 26.3 Å². The van der Waals surface area contributed by atoms with E-state index in [1.807, 2.05) is 0 Å². The van der Waals surface area contributed by atoms with Crippen LogP contribution < -0.4 is 4.74 Å². The first-order valence-corrected chi connectivity index (χ1v) is 14.3. The van der Waals surface area contributed by atoms with Gasteiger partial charge in [-0.3, -0.25) is 0 Å². The number of halogens is 13. The summed E-state index contributed by atoms with van der Waals surface area (Å²) in [5, 5.41) is -1.97. The predicted octanol–water partition coefficient (Wildman–Crippen LogP) is 11.8. The molecule has 0 fully saturated rings. The fourth-order valence-corrected chi connectivity index (χ4v) is 5.52. The van der Waals surface area contributed by atoms with Crippen molar-refractivity contribution in [3.8, 4) is 39.8 Å². The zero-order valence-electron chi connectivity index (χ0n) is 25.2. The van der Waals surface area contributed by atoms with Crippen LogP contribution in [-0.4, -0.2) is 6.18 Å². The third-order valence-electron chi connectivity index (χ3n) is 7.71. The second-order valence-electron chi connectivity index (χ2n) is 11.2. The molecule has 0 aliphatic carbocycles. The molecule has 0 atom stereocenters. The van der Waals surface area contributed by atoms with Gasteiger partial charge in [0.1, 0.15) is 52.0 Å². The van der Waals surface area contributed by atoms with E-state index in [-0.39, 0.29) is 10.8 Å². The van der Waals surface area contributed by atoms with E-state index in [9.17, 15) is 30.7 Å². The summed E-state index contributed by atoms with van der Waals surface area (Å²) in [6.45, 7) is 1.62. The third-order valence-corrected chi connectivity index (χ3v) is 7.71. The number of hydrogen-bond donors (Lipinski definition) is 0. The summed E-state index contributed by atoms with van der Waals surface area (Å²) in [4.78, 5) is 0. The highest BCUT2D eigenvalue weighted by Gasteiger charge is 2.42. The van der Waals surface area contributed by atoms with Crippen molar-refractivity contribution in [2.24, 2.45) is 0 Å². The van der Waals surface area contributed by atoms with Crippen LogP contribution in [0.25, 0.3) is 43.8 Å². The molecule has 0 saturated heterocycles. The Labute approximate surface area is 278 Å². The van der Waals surface area contributed by atoms with Crippen molar-refractivity contribution in [1.29, 1.82) is 0 Å². The van der Waals surface area contributed by atoms with Crippen LogP contribution in [0.4, 0.5) is 57.1 Å². The molecule has 0 heterocycles. The standard InChI is InChI=1S/C37H15F13O/c1-16-2-4-23-17(8-16)12-30(43)33(35(23)45)37(49,50)51-21-3-5-22(26(39)15-21)18-10-27(40)31(28(41)11-18)19-9-20-13-25(38)24(6-7-36(46,47)48)34(44)32(20)29(42)14-19/h2-5,8-15H,1H3. The van der Waals surface area contributed by atoms with Gasteiger partial charge in [0.2, 0.25) is 0 Å². The summed E-state index contributed by atoms with van der Waals surface area (Å²) in [7, 11) is 0. The van der Waals surface area contributed by atoms with Gasteiger partial charge in [-0.15, -0.1) is 0 Å². The average molecular weight is 723 g/mol. The van der Waals surface area contributed by atoms with Gasteiger partial charge in [0.15, 0.2) is 5.82 Å². The van der Waals surface area contributed by atoms with E-state index < -0.39 is 109 Å². The van der Waals surface area contributed by atoms with E-state index in [1.54, 1.807) is 6.92 Å². The average Bonchev–Trinajstić information content (AvgIpc) is 2.99. The molecule has 260 valence electrons. The Hall–Kier alpha value is -5.71. The molecule has 6 aromatic carbocycles. The maximum atomic E-state index is 15.3. The van der Waals surface area contributed by atoms with E-state index in [0.29, 0.717) is 47.9 Å². The molecule has 0 aliphatic heterocycles. The molecule has 0 amide bonds. The molecule has 0 N–H and O–H groups in total. The van der Waals surface area contributed by atoms with Gasteiger partial charge in [-0.1, -0.05) is 29.7 Å². The molecule has 6 rings (SSSR count). The molecule has 0 bridgehead atoms. The smallest absolute Gasteiger partial charge is 0.429 e. The molecule has 0 aliphatic rings. The van der Waals surface area contributed by atoms with Crippen LogP contribution in [0.2, 0.25) is 0 Å². The minimum Gasteiger partial charge on any atom is -0.429 e. The lowest BCUT2D eigenvalue weighted by atomic mass is 9.95. The van der Waals surface area contributed by atoms with Gasteiger partial charge in [0.05, 0.1) is 16.5 Å².